The fourth-order valence-electron chi connectivity index (χ4n) is 1.03. The lowest BCUT2D eigenvalue weighted by Crippen LogP contribution is -2.40. The summed E-state index contributed by atoms with van der Waals surface area (Å²) < 4.78 is 0. The fraction of sp³-hybridized carbons (Fsp3) is 0.300. The first-order valence-corrected chi connectivity index (χ1v) is 4.72. The zero-order valence-corrected chi connectivity index (χ0v) is 9.02. The van der Waals surface area contributed by atoms with Gasteiger partial charge in [-0.05, 0) is 26.0 Å². The summed E-state index contributed by atoms with van der Waals surface area (Å²) in [7, 11) is 0. The minimum Gasteiger partial charge on any atom is -0.480 e. The molecule has 16 heavy (non-hydrogen) atoms. The number of rotatable bonds is 3. The van der Waals surface area contributed by atoms with E-state index >= 15 is 0 Å². The largest absolute Gasteiger partial charge is 0.480 e. The molecule has 1 aromatic rings. The highest BCUT2D eigenvalue weighted by Gasteiger charge is 2.14. The third-order valence-corrected chi connectivity index (χ3v) is 1.97. The molecule has 0 saturated heterocycles. The Bertz CT molecular complexity index is 406. The number of pyridine rings is 1. The molecule has 0 aromatic carbocycles. The first kappa shape index (κ1) is 12.0. The number of carboxylic acids is 1. The van der Waals surface area contributed by atoms with Crippen LogP contribution >= 0.6 is 0 Å². The summed E-state index contributed by atoms with van der Waals surface area (Å²) in [6, 6.07) is 1.87. The molecule has 0 fully saturated rings. The molecule has 6 heteroatoms. The van der Waals surface area contributed by atoms with Crippen molar-refractivity contribution in [1.29, 1.82) is 0 Å². The van der Waals surface area contributed by atoms with E-state index < -0.39 is 18.0 Å². The molecule has 0 bridgehead atoms. The normalized spacial score (nSPS) is 11.6. The van der Waals surface area contributed by atoms with Crippen LogP contribution in [-0.4, -0.2) is 28.1 Å². The van der Waals surface area contributed by atoms with Gasteiger partial charge in [0.05, 0.1) is 11.4 Å². The zero-order valence-electron chi connectivity index (χ0n) is 9.02. The molecule has 86 valence electrons. The highest BCUT2D eigenvalue weighted by atomic mass is 16.4. The van der Waals surface area contributed by atoms with E-state index in [4.69, 9.17) is 5.11 Å². The number of amides is 2. The summed E-state index contributed by atoms with van der Waals surface area (Å²) >= 11 is 0. The van der Waals surface area contributed by atoms with Crippen molar-refractivity contribution in [3.63, 3.8) is 0 Å². The molecular formula is C10H13N3O3. The van der Waals surface area contributed by atoms with Crippen LogP contribution < -0.4 is 10.6 Å². The van der Waals surface area contributed by atoms with E-state index in [1.807, 2.05) is 0 Å². The molecule has 0 aliphatic carbocycles. The maximum atomic E-state index is 11.4. The van der Waals surface area contributed by atoms with Gasteiger partial charge >= 0.3 is 12.0 Å². The zero-order chi connectivity index (χ0) is 12.1. The third-order valence-electron chi connectivity index (χ3n) is 1.97. The Hall–Kier alpha value is -2.11. The standard InChI is InChI=1S/C10H13N3O3/c1-6-8(4-3-5-11-6)13-10(16)12-7(2)9(14)15/h3-5,7H,1-2H3,(H,14,15)(H2,12,13,16)/t7-/m0/s1. The summed E-state index contributed by atoms with van der Waals surface area (Å²) in [4.78, 5) is 25.9. The molecule has 0 unspecified atom stereocenters. The van der Waals surface area contributed by atoms with E-state index in [0.717, 1.165) is 0 Å². The minimum absolute atomic E-state index is 0.553. The van der Waals surface area contributed by atoms with Crippen molar-refractivity contribution in [2.45, 2.75) is 19.9 Å². The summed E-state index contributed by atoms with van der Waals surface area (Å²) in [5, 5.41) is 13.4. The molecule has 0 aliphatic rings. The average Bonchev–Trinajstić information content (AvgIpc) is 2.21. The van der Waals surface area contributed by atoms with E-state index in [1.165, 1.54) is 6.92 Å². The molecule has 0 spiro atoms. The Morgan fingerprint density at radius 2 is 2.19 bits per heavy atom. The van der Waals surface area contributed by atoms with Gasteiger partial charge in [-0.25, -0.2) is 4.79 Å². The number of aromatic nitrogens is 1. The monoisotopic (exact) mass is 223 g/mol. The van der Waals surface area contributed by atoms with Crippen LogP contribution in [0.15, 0.2) is 18.3 Å². The van der Waals surface area contributed by atoms with Gasteiger partial charge in [0.15, 0.2) is 0 Å². The van der Waals surface area contributed by atoms with Crippen molar-refractivity contribution < 1.29 is 14.7 Å². The lowest BCUT2D eigenvalue weighted by atomic mass is 10.3. The molecule has 1 heterocycles. The van der Waals surface area contributed by atoms with Crippen LogP contribution in [-0.2, 0) is 4.79 Å². The summed E-state index contributed by atoms with van der Waals surface area (Å²) in [5.41, 5.74) is 1.22. The number of urea groups is 1. The molecule has 0 aliphatic heterocycles. The number of aryl methyl sites for hydroxylation is 1. The van der Waals surface area contributed by atoms with Gasteiger partial charge in [-0.15, -0.1) is 0 Å². The van der Waals surface area contributed by atoms with Crippen molar-refractivity contribution >= 4 is 17.7 Å². The smallest absolute Gasteiger partial charge is 0.325 e. The topological polar surface area (TPSA) is 91.3 Å². The van der Waals surface area contributed by atoms with E-state index in [9.17, 15) is 9.59 Å². The number of nitrogens with zero attached hydrogens (tertiary/aromatic N) is 1. The Balaban J connectivity index is 2.59. The summed E-state index contributed by atoms with van der Waals surface area (Å²) in [5.74, 6) is -1.09. The number of carboxylic acid groups (broad SMARTS) is 1. The van der Waals surface area contributed by atoms with Crippen molar-refractivity contribution in [3.05, 3.63) is 24.0 Å². The van der Waals surface area contributed by atoms with Crippen LogP contribution in [0.5, 0.6) is 0 Å². The SMILES string of the molecule is Cc1ncccc1NC(=O)N[C@@H](C)C(=O)O. The molecule has 0 saturated carbocycles. The van der Waals surface area contributed by atoms with Gasteiger partial charge in [0, 0.05) is 6.20 Å². The molecule has 1 rings (SSSR count). The van der Waals surface area contributed by atoms with Gasteiger partial charge in [-0.2, -0.15) is 0 Å². The van der Waals surface area contributed by atoms with E-state index in [1.54, 1.807) is 25.3 Å². The van der Waals surface area contributed by atoms with Crippen LogP contribution in [0.2, 0.25) is 0 Å². The van der Waals surface area contributed by atoms with Gasteiger partial charge in [0.2, 0.25) is 0 Å². The van der Waals surface area contributed by atoms with Gasteiger partial charge in [0.25, 0.3) is 0 Å². The molecular weight excluding hydrogens is 210 g/mol. The second-order valence-corrected chi connectivity index (χ2v) is 3.29. The number of nitrogens with one attached hydrogen (secondary N) is 2. The maximum Gasteiger partial charge on any atom is 0.325 e. The number of carbonyl (C=O) groups excluding carboxylic acids is 1. The van der Waals surface area contributed by atoms with Crippen LogP contribution in [0.4, 0.5) is 10.5 Å². The Morgan fingerprint density at radius 3 is 2.75 bits per heavy atom. The quantitative estimate of drug-likeness (QED) is 0.712. The van der Waals surface area contributed by atoms with Crippen LogP contribution in [0, 0.1) is 6.92 Å². The van der Waals surface area contributed by atoms with Gasteiger partial charge in [-0.3, -0.25) is 9.78 Å². The van der Waals surface area contributed by atoms with Crippen molar-refractivity contribution in [1.82, 2.24) is 10.3 Å². The van der Waals surface area contributed by atoms with Crippen molar-refractivity contribution in [2.75, 3.05) is 5.32 Å². The van der Waals surface area contributed by atoms with Crippen molar-refractivity contribution in [2.24, 2.45) is 0 Å². The lowest BCUT2D eigenvalue weighted by molar-refractivity contribution is -0.138. The second kappa shape index (κ2) is 5.11. The number of hydrogen-bond donors (Lipinski definition) is 3. The van der Waals surface area contributed by atoms with E-state index in [0.29, 0.717) is 11.4 Å². The predicted octanol–water partition coefficient (Wildman–Crippen LogP) is 0.985. The van der Waals surface area contributed by atoms with Gasteiger partial charge in [0.1, 0.15) is 6.04 Å². The molecule has 3 N–H and O–H groups in total. The van der Waals surface area contributed by atoms with Gasteiger partial charge < -0.3 is 15.7 Å². The lowest BCUT2D eigenvalue weighted by Gasteiger charge is -2.11. The highest BCUT2D eigenvalue weighted by molar-refractivity contribution is 5.92. The second-order valence-electron chi connectivity index (χ2n) is 3.29. The molecule has 0 radical (unpaired) electrons. The van der Waals surface area contributed by atoms with E-state index in [-0.39, 0.29) is 0 Å². The van der Waals surface area contributed by atoms with Crippen LogP contribution in [0.3, 0.4) is 0 Å². The molecule has 2 amide bonds. The average molecular weight is 223 g/mol. The number of anilines is 1. The minimum atomic E-state index is -1.09. The Morgan fingerprint density at radius 1 is 1.50 bits per heavy atom. The number of hydrogen-bond acceptors (Lipinski definition) is 3. The molecule has 6 nitrogen and oxygen atoms in total. The predicted molar refractivity (Wildman–Crippen MR) is 58.2 cm³/mol. The first-order chi connectivity index (χ1) is 7.50. The fourth-order valence-corrected chi connectivity index (χ4v) is 1.03. The number of carbonyl (C=O) groups is 2. The Kier molecular flexibility index (Phi) is 3.82. The van der Waals surface area contributed by atoms with Crippen LogP contribution in [0.25, 0.3) is 0 Å². The molecule has 1 atom stereocenters. The first-order valence-electron chi connectivity index (χ1n) is 4.72. The summed E-state index contributed by atoms with van der Waals surface area (Å²) in [6.07, 6.45) is 1.61. The Labute approximate surface area is 92.7 Å². The van der Waals surface area contributed by atoms with E-state index in [2.05, 4.69) is 15.6 Å². The van der Waals surface area contributed by atoms with Crippen LogP contribution in [0.1, 0.15) is 12.6 Å². The summed E-state index contributed by atoms with van der Waals surface area (Å²) in [6.45, 7) is 3.13. The maximum absolute atomic E-state index is 11.4. The molecule has 1 aromatic heterocycles. The number of aliphatic carboxylic acids is 1. The highest BCUT2D eigenvalue weighted by Crippen LogP contribution is 2.09. The van der Waals surface area contributed by atoms with Crippen molar-refractivity contribution in [3.8, 4) is 0 Å². The van der Waals surface area contributed by atoms with Gasteiger partial charge in [-0.1, -0.05) is 0 Å². The third kappa shape index (κ3) is 3.23.